The van der Waals surface area contributed by atoms with Crippen LogP contribution in [0.25, 0.3) is 5.57 Å². The zero-order valence-corrected chi connectivity index (χ0v) is 22.2. The van der Waals surface area contributed by atoms with Crippen molar-refractivity contribution in [2.24, 2.45) is 5.92 Å². The number of allylic oxidation sites excluding steroid dienone is 1. The Morgan fingerprint density at radius 3 is 2.67 bits per heavy atom. The molecule has 0 bridgehead atoms. The number of hydrogen-bond donors (Lipinski definition) is 0. The zero-order valence-electron chi connectivity index (χ0n) is 22.2. The molecule has 36 heavy (non-hydrogen) atoms. The quantitative estimate of drug-likeness (QED) is 0.235. The normalized spacial score (nSPS) is 17.5. The Morgan fingerprint density at radius 2 is 1.97 bits per heavy atom. The number of ether oxygens (including phenoxy) is 2. The van der Waals surface area contributed by atoms with Gasteiger partial charge in [0.2, 0.25) is 5.88 Å². The second-order valence-corrected chi connectivity index (χ2v) is 10.9. The van der Waals surface area contributed by atoms with Crippen LogP contribution >= 0.6 is 0 Å². The topological polar surface area (TPSA) is 38.8 Å². The number of likely N-dealkylation sites (tertiary alicyclic amines) is 1. The number of carbonyl (C=O) groups is 1. The molecule has 192 valence electrons. The molecule has 0 radical (unpaired) electrons. The summed E-state index contributed by atoms with van der Waals surface area (Å²) in [6, 6.07) is 15.0. The predicted octanol–water partition coefficient (Wildman–Crippen LogP) is 7.18. The molecular weight excluding hydrogens is 446 g/mol. The molecule has 0 amide bonds. The van der Waals surface area contributed by atoms with Crippen LogP contribution in [0.1, 0.15) is 80.5 Å². The molecule has 4 heteroatoms. The van der Waals surface area contributed by atoms with Crippen molar-refractivity contribution in [3.8, 4) is 0 Å². The van der Waals surface area contributed by atoms with E-state index in [1.54, 1.807) is 0 Å². The minimum absolute atomic E-state index is 0. The van der Waals surface area contributed by atoms with Crippen LogP contribution in [0.2, 0.25) is 0 Å². The number of rotatable bonds is 7. The van der Waals surface area contributed by atoms with Crippen LogP contribution < -0.4 is 0 Å². The van der Waals surface area contributed by atoms with E-state index in [-0.39, 0.29) is 13.0 Å². The number of fused-ring (bicyclic) bond motifs is 1. The number of carbonyl (C=O) groups excluding carboxylic acids is 1. The first-order valence-corrected chi connectivity index (χ1v) is 13.1. The average Bonchev–Trinajstić information content (AvgIpc) is 3.24. The van der Waals surface area contributed by atoms with Crippen molar-refractivity contribution < 1.29 is 15.7 Å². The van der Waals surface area contributed by atoms with Gasteiger partial charge in [-0.1, -0.05) is 48.7 Å². The number of esters is 1. The first kappa shape index (κ1) is 25.9. The third kappa shape index (κ3) is 6.30. The van der Waals surface area contributed by atoms with Crippen LogP contribution in [-0.2, 0) is 22.3 Å². The van der Waals surface area contributed by atoms with Crippen LogP contribution in [0.5, 0.6) is 0 Å². The van der Waals surface area contributed by atoms with Gasteiger partial charge < -0.3 is 14.4 Å². The molecule has 2 aromatic rings. The van der Waals surface area contributed by atoms with E-state index in [2.05, 4.69) is 74.4 Å². The highest BCUT2D eigenvalue weighted by atomic mass is 16.5. The summed E-state index contributed by atoms with van der Waals surface area (Å²) in [5, 5.41) is 0. The lowest BCUT2D eigenvalue weighted by atomic mass is 9.91. The third-order valence-corrected chi connectivity index (χ3v) is 7.05. The van der Waals surface area contributed by atoms with Crippen LogP contribution in [0, 0.1) is 5.92 Å². The van der Waals surface area contributed by atoms with E-state index >= 15 is 0 Å². The molecule has 0 N–H and O–H groups in total. The highest BCUT2D eigenvalue weighted by Gasteiger charge is 2.27. The number of nitrogens with zero attached hydrogens (tertiary/aromatic N) is 1. The zero-order chi connectivity index (χ0) is 25.7. The summed E-state index contributed by atoms with van der Waals surface area (Å²) in [5.74, 6) is 1.16. The minimum atomic E-state index is -0.277. The van der Waals surface area contributed by atoms with Crippen LogP contribution in [0.4, 0.5) is 0 Å². The Bertz CT molecular complexity index is 1170. The number of methoxy groups -OCH3 is 1. The fraction of sp³-hybridized carbons (Fsp3) is 0.438. The molecule has 2 aromatic carbocycles. The molecule has 2 aliphatic rings. The highest BCUT2D eigenvalue weighted by molar-refractivity contribution is 5.91. The summed E-state index contributed by atoms with van der Waals surface area (Å²) < 4.78 is 11.0. The lowest BCUT2D eigenvalue weighted by Crippen LogP contribution is -2.28. The smallest absolute Gasteiger partial charge is 0.337 e. The maximum atomic E-state index is 12.0. The summed E-state index contributed by atoms with van der Waals surface area (Å²) in [7, 11) is 1.43. The van der Waals surface area contributed by atoms with Gasteiger partial charge in [-0.25, -0.2) is 4.79 Å². The summed E-state index contributed by atoms with van der Waals surface area (Å²) in [4.78, 5) is 14.3. The minimum Gasteiger partial charge on any atom is -0.468 e. The summed E-state index contributed by atoms with van der Waals surface area (Å²) in [6.45, 7) is 12.0. The molecule has 0 unspecified atom stereocenters. The molecule has 0 aromatic heterocycles. The standard InChI is InChI=1S/C32H39NO3.H2/c1-6-30(36-32(2,3)4)33-20-19-24(22-33)12-11-23-13-15-25(16-14-23)28-10-8-7-9-26-21-27(31(34)35-5)17-18-29(26)28;/h10,13-18,21,24H,1,7-9,11-12,19-20,22H2,2-5H3;1H/t24-;/m0./s1. The van der Waals surface area contributed by atoms with Gasteiger partial charge in [-0.2, -0.15) is 0 Å². The Balaban J connectivity index is 0.00000380. The molecule has 1 heterocycles. The largest absolute Gasteiger partial charge is 0.468 e. The van der Waals surface area contributed by atoms with E-state index in [1.807, 2.05) is 12.1 Å². The van der Waals surface area contributed by atoms with Crippen molar-refractivity contribution in [2.45, 2.75) is 64.9 Å². The molecule has 1 saturated heterocycles. The van der Waals surface area contributed by atoms with Crippen molar-refractivity contribution in [3.63, 3.8) is 0 Å². The lowest BCUT2D eigenvalue weighted by molar-refractivity contribution is 0.00743. The van der Waals surface area contributed by atoms with Crippen LogP contribution in [-0.4, -0.2) is 36.7 Å². The van der Waals surface area contributed by atoms with Gasteiger partial charge in [0.15, 0.2) is 0 Å². The Kier molecular flexibility index (Phi) is 8.06. The van der Waals surface area contributed by atoms with E-state index in [0.717, 1.165) is 51.1 Å². The molecule has 4 nitrogen and oxygen atoms in total. The number of aryl methyl sites for hydroxylation is 2. The van der Waals surface area contributed by atoms with Gasteiger partial charge in [-0.05, 0) is 105 Å². The third-order valence-electron chi connectivity index (χ3n) is 7.05. The van der Waals surface area contributed by atoms with Gasteiger partial charge in [0.05, 0.1) is 12.7 Å². The van der Waals surface area contributed by atoms with Crippen molar-refractivity contribution in [2.75, 3.05) is 20.2 Å². The van der Waals surface area contributed by atoms with Crippen LogP contribution in [0.3, 0.4) is 0 Å². The van der Waals surface area contributed by atoms with Gasteiger partial charge in [0.1, 0.15) is 5.60 Å². The second-order valence-electron chi connectivity index (χ2n) is 10.9. The van der Waals surface area contributed by atoms with E-state index in [4.69, 9.17) is 9.47 Å². The number of benzene rings is 2. The van der Waals surface area contributed by atoms with Gasteiger partial charge >= 0.3 is 5.97 Å². The molecule has 0 spiro atoms. The Hall–Kier alpha value is -3.23. The first-order valence-electron chi connectivity index (χ1n) is 13.1. The molecule has 1 atom stereocenters. The summed E-state index contributed by atoms with van der Waals surface area (Å²) >= 11 is 0. The second kappa shape index (κ2) is 11.2. The fourth-order valence-corrected chi connectivity index (χ4v) is 5.21. The van der Waals surface area contributed by atoms with Crippen molar-refractivity contribution in [1.29, 1.82) is 0 Å². The van der Waals surface area contributed by atoms with Gasteiger partial charge in [-0.3, -0.25) is 0 Å². The predicted molar refractivity (Wildman–Crippen MR) is 148 cm³/mol. The molecule has 1 aliphatic heterocycles. The molecule has 4 rings (SSSR count). The van der Waals surface area contributed by atoms with Crippen molar-refractivity contribution >= 4 is 11.5 Å². The number of hydrogen-bond acceptors (Lipinski definition) is 4. The lowest BCUT2D eigenvalue weighted by Gasteiger charge is -2.28. The van der Waals surface area contributed by atoms with Gasteiger partial charge in [0, 0.05) is 14.5 Å². The van der Waals surface area contributed by atoms with Crippen LogP contribution in [0.15, 0.2) is 66.7 Å². The fourth-order valence-electron chi connectivity index (χ4n) is 5.21. The Labute approximate surface area is 217 Å². The monoisotopic (exact) mass is 487 g/mol. The van der Waals surface area contributed by atoms with Gasteiger partial charge in [0.25, 0.3) is 0 Å². The molecule has 1 fully saturated rings. The van der Waals surface area contributed by atoms with E-state index in [0.29, 0.717) is 11.5 Å². The van der Waals surface area contributed by atoms with Crippen molar-refractivity contribution in [1.82, 2.24) is 4.90 Å². The highest BCUT2D eigenvalue weighted by Crippen LogP contribution is 2.32. The van der Waals surface area contributed by atoms with E-state index in [9.17, 15) is 4.79 Å². The maximum Gasteiger partial charge on any atom is 0.337 e. The van der Waals surface area contributed by atoms with Gasteiger partial charge in [-0.15, -0.1) is 0 Å². The molecule has 1 aliphatic carbocycles. The summed E-state index contributed by atoms with van der Waals surface area (Å²) in [6.07, 6.45) is 8.85. The first-order chi connectivity index (χ1) is 17.3. The van der Waals surface area contributed by atoms with E-state index < -0.39 is 0 Å². The summed E-state index contributed by atoms with van der Waals surface area (Å²) in [5.41, 5.74) is 9.70. The molecular formula is C32H41NO3. The average molecular weight is 488 g/mol. The molecule has 0 saturated carbocycles. The van der Waals surface area contributed by atoms with Crippen molar-refractivity contribution in [3.05, 3.63) is 94.6 Å². The SMILES string of the molecule is C=C=C(OC(C)(C)C)N1CC[C@H](CCc2ccc(C3=CCCCc4cc(C(=O)OC)ccc43)cc2)C1.[HH]. The maximum absolute atomic E-state index is 12.0. The Morgan fingerprint density at radius 1 is 1.19 bits per heavy atom. The van der Waals surface area contributed by atoms with E-state index in [1.165, 1.54) is 41.4 Å².